The van der Waals surface area contributed by atoms with Gasteiger partial charge in [0, 0.05) is 17.3 Å². The monoisotopic (exact) mass is 280 g/mol. The summed E-state index contributed by atoms with van der Waals surface area (Å²) < 4.78 is 0. The van der Waals surface area contributed by atoms with Crippen LogP contribution in [0.25, 0.3) is 0 Å². The molecule has 0 bridgehead atoms. The maximum Gasteiger partial charge on any atom is 0.254 e. The van der Waals surface area contributed by atoms with Crippen molar-refractivity contribution < 1.29 is 4.79 Å². The standard InChI is InChI=1S/C13H16N2OS2/c1-8(12-9(2)18-10(3)14-12)15(4)13(16)11-5-6-17-7-11/h5-8H,1-4H3/t8-/m0/s1. The Morgan fingerprint density at radius 1 is 1.44 bits per heavy atom. The molecule has 0 aromatic carbocycles. The van der Waals surface area contributed by atoms with Gasteiger partial charge in [0.1, 0.15) is 0 Å². The Hall–Kier alpha value is -1.20. The van der Waals surface area contributed by atoms with Gasteiger partial charge in [-0.2, -0.15) is 11.3 Å². The number of thiazole rings is 1. The van der Waals surface area contributed by atoms with Crippen molar-refractivity contribution in [3.8, 4) is 0 Å². The summed E-state index contributed by atoms with van der Waals surface area (Å²) in [7, 11) is 1.83. The summed E-state index contributed by atoms with van der Waals surface area (Å²) in [6.45, 7) is 6.07. The first-order chi connectivity index (χ1) is 8.50. The Balaban J connectivity index is 2.21. The molecule has 96 valence electrons. The number of hydrogen-bond donors (Lipinski definition) is 0. The second-order valence-electron chi connectivity index (χ2n) is 4.28. The number of amides is 1. The zero-order chi connectivity index (χ0) is 13.3. The smallest absolute Gasteiger partial charge is 0.254 e. The van der Waals surface area contributed by atoms with Crippen molar-refractivity contribution in [2.24, 2.45) is 0 Å². The van der Waals surface area contributed by atoms with Gasteiger partial charge < -0.3 is 4.90 Å². The van der Waals surface area contributed by atoms with Crippen LogP contribution in [0.1, 0.15) is 38.9 Å². The van der Waals surface area contributed by atoms with Gasteiger partial charge in [-0.1, -0.05) is 0 Å². The summed E-state index contributed by atoms with van der Waals surface area (Å²) in [4.78, 5) is 19.7. The molecule has 0 aliphatic rings. The highest BCUT2D eigenvalue weighted by molar-refractivity contribution is 7.11. The molecule has 2 rings (SSSR count). The van der Waals surface area contributed by atoms with Gasteiger partial charge in [-0.25, -0.2) is 4.98 Å². The van der Waals surface area contributed by atoms with E-state index in [0.717, 1.165) is 16.3 Å². The molecule has 1 amide bonds. The lowest BCUT2D eigenvalue weighted by Crippen LogP contribution is -2.29. The molecule has 0 aliphatic carbocycles. The minimum atomic E-state index is 0.00218. The average Bonchev–Trinajstić information content (AvgIpc) is 2.96. The second-order valence-corrected chi connectivity index (χ2v) is 6.47. The third kappa shape index (κ3) is 2.47. The first-order valence-electron chi connectivity index (χ1n) is 5.74. The molecule has 0 unspecified atom stereocenters. The van der Waals surface area contributed by atoms with Crippen LogP contribution in [-0.4, -0.2) is 22.8 Å². The quantitative estimate of drug-likeness (QED) is 0.859. The van der Waals surface area contributed by atoms with Gasteiger partial charge in [0.25, 0.3) is 5.91 Å². The van der Waals surface area contributed by atoms with E-state index >= 15 is 0 Å². The van der Waals surface area contributed by atoms with Crippen LogP contribution >= 0.6 is 22.7 Å². The molecule has 0 spiro atoms. The van der Waals surface area contributed by atoms with Crippen LogP contribution in [0.4, 0.5) is 0 Å². The van der Waals surface area contributed by atoms with E-state index in [9.17, 15) is 4.79 Å². The molecule has 2 aromatic rings. The third-order valence-electron chi connectivity index (χ3n) is 3.00. The van der Waals surface area contributed by atoms with E-state index in [1.165, 1.54) is 16.2 Å². The number of carbonyl (C=O) groups excluding carboxylic acids is 1. The lowest BCUT2D eigenvalue weighted by molar-refractivity contribution is 0.0740. The predicted octanol–water partition coefficient (Wildman–Crippen LogP) is 3.65. The Morgan fingerprint density at radius 3 is 2.67 bits per heavy atom. The lowest BCUT2D eigenvalue weighted by atomic mass is 10.1. The van der Waals surface area contributed by atoms with Gasteiger partial charge in [-0.3, -0.25) is 4.79 Å². The summed E-state index contributed by atoms with van der Waals surface area (Å²) in [5, 5.41) is 4.85. The molecule has 18 heavy (non-hydrogen) atoms. The van der Waals surface area contributed by atoms with Gasteiger partial charge in [0.15, 0.2) is 0 Å². The van der Waals surface area contributed by atoms with E-state index < -0.39 is 0 Å². The van der Waals surface area contributed by atoms with Crippen LogP contribution in [-0.2, 0) is 0 Å². The molecule has 0 saturated heterocycles. The van der Waals surface area contributed by atoms with E-state index in [1.807, 2.05) is 37.7 Å². The maximum atomic E-state index is 12.2. The Kier molecular flexibility index (Phi) is 3.82. The first-order valence-corrected chi connectivity index (χ1v) is 7.50. The van der Waals surface area contributed by atoms with Crippen LogP contribution in [0.3, 0.4) is 0 Å². The fraction of sp³-hybridized carbons (Fsp3) is 0.385. The molecule has 1 atom stereocenters. The average molecular weight is 280 g/mol. The molecule has 0 radical (unpaired) electrons. The molecular weight excluding hydrogens is 264 g/mol. The molecule has 5 heteroatoms. The Bertz CT molecular complexity index is 545. The number of aryl methyl sites for hydroxylation is 2. The van der Waals surface area contributed by atoms with Crippen LogP contribution in [0, 0.1) is 13.8 Å². The van der Waals surface area contributed by atoms with Crippen LogP contribution in [0.15, 0.2) is 16.8 Å². The van der Waals surface area contributed by atoms with Crippen molar-refractivity contribution in [3.63, 3.8) is 0 Å². The number of rotatable bonds is 3. The van der Waals surface area contributed by atoms with Gasteiger partial charge in [-0.05, 0) is 32.2 Å². The first kappa shape index (κ1) is 13.2. The van der Waals surface area contributed by atoms with Gasteiger partial charge >= 0.3 is 0 Å². The number of carbonyl (C=O) groups is 1. The van der Waals surface area contributed by atoms with E-state index in [-0.39, 0.29) is 11.9 Å². The van der Waals surface area contributed by atoms with Gasteiger partial charge in [0.05, 0.1) is 22.3 Å². The Morgan fingerprint density at radius 2 is 2.17 bits per heavy atom. The summed E-state index contributed by atoms with van der Waals surface area (Å²) in [5.41, 5.74) is 1.75. The summed E-state index contributed by atoms with van der Waals surface area (Å²) in [6.07, 6.45) is 0. The molecule has 3 nitrogen and oxygen atoms in total. The number of hydrogen-bond acceptors (Lipinski definition) is 4. The van der Waals surface area contributed by atoms with Crippen molar-refractivity contribution in [1.82, 2.24) is 9.88 Å². The minimum absolute atomic E-state index is 0.00218. The maximum absolute atomic E-state index is 12.2. The molecule has 0 fully saturated rings. The zero-order valence-corrected chi connectivity index (χ0v) is 12.6. The summed E-state index contributed by atoms with van der Waals surface area (Å²) in [6, 6.07) is 1.86. The topological polar surface area (TPSA) is 33.2 Å². The second kappa shape index (κ2) is 5.20. The summed E-state index contributed by atoms with van der Waals surface area (Å²) >= 11 is 3.22. The third-order valence-corrected chi connectivity index (χ3v) is 4.59. The molecule has 2 heterocycles. The van der Waals surface area contributed by atoms with Crippen LogP contribution in [0.5, 0.6) is 0 Å². The van der Waals surface area contributed by atoms with E-state index in [1.54, 1.807) is 16.2 Å². The summed E-state index contributed by atoms with van der Waals surface area (Å²) in [5.74, 6) is 0.0498. The molecule has 0 saturated carbocycles. The highest BCUT2D eigenvalue weighted by Gasteiger charge is 2.22. The van der Waals surface area contributed by atoms with Gasteiger partial charge in [-0.15, -0.1) is 11.3 Å². The zero-order valence-electron chi connectivity index (χ0n) is 10.9. The Labute approximate surface area is 115 Å². The fourth-order valence-corrected chi connectivity index (χ4v) is 3.42. The molecule has 0 aliphatic heterocycles. The number of aromatic nitrogens is 1. The largest absolute Gasteiger partial charge is 0.333 e. The van der Waals surface area contributed by atoms with E-state index in [0.29, 0.717) is 0 Å². The minimum Gasteiger partial charge on any atom is -0.333 e. The van der Waals surface area contributed by atoms with Crippen LogP contribution < -0.4 is 0 Å². The highest BCUT2D eigenvalue weighted by Crippen LogP contribution is 2.27. The molecule has 0 N–H and O–H groups in total. The van der Waals surface area contributed by atoms with E-state index in [2.05, 4.69) is 11.9 Å². The number of thiophene rings is 1. The van der Waals surface area contributed by atoms with Crippen molar-refractivity contribution in [2.45, 2.75) is 26.8 Å². The van der Waals surface area contributed by atoms with E-state index in [4.69, 9.17) is 0 Å². The molecule has 2 aromatic heterocycles. The fourth-order valence-electron chi connectivity index (χ4n) is 1.88. The van der Waals surface area contributed by atoms with Crippen molar-refractivity contribution >= 4 is 28.6 Å². The predicted molar refractivity (Wildman–Crippen MR) is 76.4 cm³/mol. The van der Waals surface area contributed by atoms with Gasteiger partial charge in [0.2, 0.25) is 0 Å². The molecular formula is C13H16N2OS2. The van der Waals surface area contributed by atoms with Crippen molar-refractivity contribution in [2.75, 3.05) is 7.05 Å². The van der Waals surface area contributed by atoms with Crippen LogP contribution in [0.2, 0.25) is 0 Å². The SMILES string of the molecule is Cc1nc([C@H](C)N(C)C(=O)c2ccsc2)c(C)s1. The van der Waals surface area contributed by atoms with Crippen molar-refractivity contribution in [3.05, 3.63) is 38.0 Å². The number of nitrogens with zero attached hydrogens (tertiary/aromatic N) is 2. The normalized spacial score (nSPS) is 12.4. The lowest BCUT2D eigenvalue weighted by Gasteiger charge is -2.23. The highest BCUT2D eigenvalue weighted by atomic mass is 32.1. The van der Waals surface area contributed by atoms with Crippen molar-refractivity contribution in [1.29, 1.82) is 0 Å².